The highest BCUT2D eigenvalue weighted by molar-refractivity contribution is 7.80. The minimum atomic E-state index is -0.264. The molecule has 182 valence electrons. The smallest absolute Gasteiger partial charge is 0.316 e. The fourth-order valence-electron chi connectivity index (χ4n) is 4.60. The van der Waals surface area contributed by atoms with Crippen LogP contribution in [0.3, 0.4) is 0 Å². The standard InChI is InChI=1S/C26H28ClN5O2S/c27-19-7-6-10-21(17-19)32-25(33)24(34-22-11-4-5-12-22)23(18-28-32)30-13-15-31(16-14-30)26(35)29-20-8-2-1-3-9-20/h1-3,6-10,17-18,22H,4-5,11-16H2,(H,29,35). The summed E-state index contributed by atoms with van der Waals surface area (Å²) in [6, 6.07) is 17.1. The number of anilines is 2. The van der Waals surface area contributed by atoms with Crippen LogP contribution in [0, 0.1) is 0 Å². The minimum Gasteiger partial charge on any atom is -0.483 e. The van der Waals surface area contributed by atoms with Gasteiger partial charge in [0.2, 0.25) is 5.75 Å². The average molecular weight is 510 g/mol. The lowest BCUT2D eigenvalue weighted by atomic mass is 10.2. The molecule has 0 amide bonds. The molecule has 35 heavy (non-hydrogen) atoms. The Balaban J connectivity index is 1.36. The van der Waals surface area contributed by atoms with Crippen LogP contribution in [-0.4, -0.2) is 52.1 Å². The number of nitrogens with one attached hydrogen (secondary N) is 1. The molecule has 2 fully saturated rings. The van der Waals surface area contributed by atoms with Crippen molar-refractivity contribution in [2.75, 3.05) is 36.4 Å². The number of ether oxygens (including phenoxy) is 1. The highest BCUT2D eigenvalue weighted by Gasteiger charge is 2.27. The molecule has 1 N–H and O–H groups in total. The Morgan fingerprint density at radius 3 is 2.49 bits per heavy atom. The number of aromatic nitrogens is 2. The molecule has 1 aliphatic heterocycles. The maximum Gasteiger partial charge on any atom is 0.316 e. The lowest BCUT2D eigenvalue weighted by Gasteiger charge is -2.37. The van der Waals surface area contributed by atoms with Crippen LogP contribution >= 0.6 is 23.8 Å². The van der Waals surface area contributed by atoms with Crippen LogP contribution in [0.15, 0.2) is 65.6 Å². The zero-order valence-corrected chi connectivity index (χ0v) is 21.0. The van der Waals surface area contributed by atoms with Crippen molar-refractivity contribution in [2.24, 2.45) is 0 Å². The Kier molecular flexibility index (Phi) is 7.20. The van der Waals surface area contributed by atoms with Crippen molar-refractivity contribution < 1.29 is 4.74 Å². The van der Waals surface area contributed by atoms with Gasteiger partial charge in [0.15, 0.2) is 5.11 Å². The monoisotopic (exact) mass is 509 g/mol. The summed E-state index contributed by atoms with van der Waals surface area (Å²) in [4.78, 5) is 17.9. The number of para-hydroxylation sites is 1. The number of nitrogens with zero attached hydrogens (tertiary/aromatic N) is 4. The summed E-state index contributed by atoms with van der Waals surface area (Å²) in [5.41, 5.74) is 2.07. The molecule has 0 radical (unpaired) electrons. The topological polar surface area (TPSA) is 62.6 Å². The van der Waals surface area contributed by atoms with Gasteiger partial charge in [0.1, 0.15) is 5.69 Å². The molecule has 3 aromatic rings. The van der Waals surface area contributed by atoms with Crippen molar-refractivity contribution in [1.82, 2.24) is 14.7 Å². The van der Waals surface area contributed by atoms with E-state index < -0.39 is 0 Å². The van der Waals surface area contributed by atoms with Crippen LogP contribution in [0.2, 0.25) is 5.02 Å². The molecule has 1 aliphatic carbocycles. The number of thiocarbonyl (C=S) groups is 1. The van der Waals surface area contributed by atoms with E-state index in [9.17, 15) is 4.79 Å². The molecule has 1 saturated carbocycles. The summed E-state index contributed by atoms with van der Waals surface area (Å²) >= 11 is 11.8. The van der Waals surface area contributed by atoms with Gasteiger partial charge in [-0.2, -0.15) is 9.78 Å². The van der Waals surface area contributed by atoms with Gasteiger partial charge in [-0.05, 0) is 68.2 Å². The fraction of sp³-hybridized carbons (Fsp3) is 0.346. The van der Waals surface area contributed by atoms with Crippen molar-refractivity contribution in [3.8, 4) is 11.4 Å². The first-order valence-corrected chi connectivity index (χ1v) is 12.8. The first-order valence-electron chi connectivity index (χ1n) is 12.0. The summed E-state index contributed by atoms with van der Waals surface area (Å²) in [6.07, 6.45) is 5.97. The molecule has 2 aliphatic rings. The van der Waals surface area contributed by atoms with Crippen molar-refractivity contribution >= 4 is 40.3 Å². The third kappa shape index (κ3) is 5.44. The second kappa shape index (κ2) is 10.7. The Bertz CT molecular complexity index is 1240. The zero-order valence-electron chi connectivity index (χ0n) is 19.4. The van der Waals surface area contributed by atoms with Gasteiger partial charge in [-0.3, -0.25) is 4.79 Å². The number of benzene rings is 2. The van der Waals surface area contributed by atoms with Gasteiger partial charge in [0.25, 0.3) is 0 Å². The third-order valence-corrected chi connectivity index (χ3v) is 7.08. The largest absolute Gasteiger partial charge is 0.483 e. The van der Waals surface area contributed by atoms with Crippen molar-refractivity contribution in [3.63, 3.8) is 0 Å². The van der Waals surface area contributed by atoms with Crippen LogP contribution in [0.5, 0.6) is 5.75 Å². The molecular weight excluding hydrogens is 482 g/mol. The van der Waals surface area contributed by atoms with E-state index in [4.69, 9.17) is 28.6 Å². The SMILES string of the molecule is O=c1c(OC2CCCC2)c(N2CCN(C(=S)Nc3ccccc3)CC2)cnn1-c1cccc(Cl)c1. The van der Waals surface area contributed by atoms with E-state index in [1.54, 1.807) is 18.3 Å². The highest BCUT2D eigenvalue weighted by Crippen LogP contribution is 2.30. The number of rotatable bonds is 5. The van der Waals surface area contributed by atoms with Crippen LogP contribution < -0.4 is 20.5 Å². The zero-order chi connectivity index (χ0) is 24.2. The molecule has 1 saturated heterocycles. The van der Waals surface area contributed by atoms with Crippen LogP contribution in [0.25, 0.3) is 5.69 Å². The first kappa shape index (κ1) is 23.6. The highest BCUT2D eigenvalue weighted by atomic mass is 35.5. The Morgan fingerprint density at radius 1 is 1.03 bits per heavy atom. The molecule has 2 heterocycles. The van der Waals surface area contributed by atoms with Crippen molar-refractivity contribution in [3.05, 3.63) is 76.2 Å². The molecule has 0 atom stereocenters. The lowest BCUT2D eigenvalue weighted by molar-refractivity contribution is 0.205. The Labute approximate surface area is 215 Å². The second-order valence-electron chi connectivity index (χ2n) is 8.85. The van der Waals surface area contributed by atoms with Crippen LogP contribution in [0.1, 0.15) is 25.7 Å². The van der Waals surface area contributed by atoms with Crippen LogP contribution in [0.4, 0.5) is 11.4 Å². The van der Waals surface area contributed by atoms with E-state index in [1.807, 2.05) is 42.5 Å². The molecule has 9 heteroatoms. The van der Waals surface area contributed by atoms with Crippen LogP contribution in [-0.2, 0) is 0 Å². The molecular formula is C26H28ClN5O2S. The molecule has 1 aromatic heterocycles. The summed E-state index contributed by atoms with van der Waals surface area (Å²) < 4.78 is 7.71. The molecule has 0 bridgehead atoms. The van der Waals surface area contributed by atoms with E-state index in [1.165, 1.54) is 4.68 Å². The Hall–Kier alpha value is -3.10. The number of halogens is 1. The second-order valence-corrected chi connectivity index (χ2v) is 9.67. The number of hydrogen-bond acceptors (Lipinski definition) is 5. The third-order valence-electron chi connectivity index (χ3n) is 6.49. The van der Waals surface area contributed by atoms with Gasteiger partial charge >= 0.3 is 5.56 Å². The predicted octanol–water partition coefficient (Wildman–Crippen LogP) is 4.73. The quantitative estimate of drug-likeness (QED) is 0.499. The summed E-state index contributed by atoms with van der Waals surface area (Å²) in [5, 5.41) is 9.04. The normalized spacial score (nSPS) is 16.4. The lowest BCUT2D eigenvalue weighted by Crippen LogP contribution is -2.50. The number of hydrogen-bond donors (Lipinski definition) is 1. The van der Waals surface area contributed by atoms with E-state index in [2.05, 4.69) is 20.2 Å². The predicted molar refractivity (Wildman–Crippen MR) is 144 cm³/mol. The summed E-state index contributed by atoms with van der Waals surface area (Å²) in [6.45, 7) is 2.89. The van der Waals surface area contributed by atoms with E-state index in [0.717, 1.165) is 50.1 Å². The van der Waals surface area contributed by atoms with Crippen molar-refractivity contribution in [2.45, 2.75) is 31.8 Å². The molecule has 0 spiro atoms. The van der Waals surface area contributed by atoms with E-state index in [0.29, 0.717) is 34.7 Å². The van der Waals surface area contributed by atoms with E-state index in [-0.39, 0.29) is 11.7 Å². The summed E-state index contributed by atoms with van der Waals surface area (Å²) in [7, 11) is 0. The maximum absolute atomic E-state index is 13.6. The van der Waals surface area contributed by atoms with Gasteiger partial charge in [-0.15, -0.1) is 0 Å². The van der Waals surface area contributed by atoms with Gasteiger partial charge in [-0.25, -0.2) is 0 Å². The molecule has 0 unspecified atom stereocenters. The van der Waals surface area contributed by atoms with Gasteiger partial charge in [-0.1, -0.05) is 35.9 Å². The molecule has 7 nitrogen and oxygen atoms in total. The minimum absolute atomic E-state index is 0.0561. The average Bonchev–Trinajstić information content (AvgIpc) is 3.39. The first-order chi connectivity index (χ1) is 17.1. The fourth-order valence-corrected chi connectivity index (χ4v) is 5.09. The summed E-state index contributed by atoms with van der Waals surface area (Å²) in [5.74, 6) is 0.366. The molecule has 2 aromatic carbocycles. The van der Waals surface area contributed by atoms with E-state index >= 15 is 0 Å². The van der Waals surface area contributed by atoms with Crippen molar-refractivity contribution in [1.29, 1.82) is 0 Å². The Morgan fingerprint density at radius 2 is 1.77 bits per heavy atom. The van der Waals surface area contributed by atoms with Gasteiger partial charge in [0.05, 0.1) is 18.0 Å². The maximum atomic E-state index is 13.6. The molecule has 5 rings (SSSR count). The van der Waals surface area contributed by atoms with Gasteiger partial charge < -0.3 is 19.9 Å². The number of piperazine rings is 1. The van der Waals surface area contributed by atoms with Gasteiger partial charge in [0, 0.05) is 36.9 Å².